The Kier molecular flexibility index (Phi) is 54.2. The Morgan fingerprint density at radius 3 is 1.07 bits per heavy atom. The minimum atomic E-state index is -4.77. The Labute approximate surface area is 453 Å². The average Bonchev–Trinajstić information content (AvgIpc) is 3.39. The van der Waals surface area contributed by atoms with E-state index in [4.69, 9.17) is 23.3 Å². The third kappa shape index (κ3) is 54.0. The zero-order valence-electron chi connectivity index (χ0n) is 47.6. The van der Waals surface area contributed by atoms with E-state index in [1.54, 1.807) is 6.08 Å². The van der Waals surface area contributed by atoms with E-state index in [0.29, 0.717) is 19.3 Å². The molecule has 12 heteroatoms. The van der Waals surface area contributed by atoms with Crippen molar-refractivity contribution < 1.29 is 52.2 Å². The number of phosphoric acid groups is 1. The molecule has 0 aliphatic rings. The van der Waals surface area contributed by atoms with Crippen molar-refractivity contribution in [3.05, 3.63) is 60.8 Å². The van der Waals surface area contributed by atoms with E-state index in [-0.39, 0.29) is 25.9 Å². The van der Waals surface area contributed by atoms with E-state index in [2.05, 4.69) is 57.2 Å². The van der Waals surface area contributed by atoms with Crippen molar-refractivity contribution in [1.29, 1.82) is 0 Å². The van der Waals surface area contributed by atoms with Gasteiger partial charge in [0.1, 0.15) is 12.7 Å². The van der Waals surface area contributed by atoms with Crippen LogP contribution >= 0.6 is 7.82 Å². The number of carbonyl (C=O) groups excluding carboxylic acids is 3. The maximum absolute atomic E-state index is 12.9. The quantitative estimate of drug-likeness (QED) is 0.0197. The van der Waals surface area contributed by atoms with Crippen LogP contribution in [0.2, 0.25) is 0 Å². The van der Waals surface area contributed by atoms with Crippen molar-refractivity contribution in [3.8, 4) is 0 Å². The number of rotatable bonds is 56. The van der Waals surface area contributed by atoms with Crippen molar-refractivity contribution in [2.75, 3.05) is 26.4 Å². The van der Waals surface area contributed by atoms with Crippen LogP contribution in [0.5, 0.6) is 0 Å². The van der Waals surface area contributed by atoms with Gasteiger partial charge < -0.3 is 24.2 Å². The highest BCUT2D eigenvalue weighted by molar-refractivity contribution is 7.47. The molecular formula is C62H111O11P. The van der Waals surface area contributed by atoms with Crippen LogP contribution in [0.1, 0.15) is 278 Å². The summed E-state index contributed by atoms with van der Waals surface area (Å²) < 4.78 is 39.5. The molecule has 0 aromatic carbocycles. The summed E-state index contributed by atoms with van der Waals surface area (Å²) in [7, 11) is -4.77. The molecular weight excluding hydrogens is 952 g/mol. The molecule has 0 aliphatic carbocycles. The standard InChI is InChI=1S/C62H111O11P/c1-4-7-10-13-16-19-22-25-27-28-29-30-32-35-38-41-44-47-50-53-62(66)73-59(55-69-60(64)51-48-45-42-39-36-33-24-21-18-15-12-9-6-3)57-71-74(67,68)70-56-58(54-63)72-61(65)52-49-46-43-40-37-34-31-26-23-20-17-14-11-8-5-2/h8,11,17,20,26,31,37,40,46,49,58-59,63H,4-7,9-10,12-16,18-19,21-25,27-30,32-36,38-39,41-45,47-48,50-57H2,1-3H3,(H,67,68)/b11-8-,20-17-,31-26-,40-37-,49-46-. The lowest BCUT2D eigenvalue weighted by Crippen LogP contribution is -2.30. The molecule has 3 atom stereocenters. The van der Waals surface area contributed by atoms with E-state index in [1.807, 2.05) is 18.2 Å². The zero-order chi connectivity index (χ0) is 54.1. The third-order valence-electron chi connectivity index (χ3n) is 13.0. The summed E-state index contributed by atoms with van der Waals surface area (Å²) in [6.45, 7) is 4.46. The molecule has 0 rings (SSSR count). The number of aliphatic hydroxyl groups is 1. The van der Waals surface area contributed by atoms with Crippen molar-refractivity contribution in [2.45, 2.75) is 290 Å². The molecule has 0 radical (unpaired) electrons. The third-order valence-corrected chi connectivity index (χ3v) is 13.9. The molecule has 74 heavy (non-hydrogen) atoms. The normalized spacial score (nSPS) is 13.7. The second-order valence-corrected chi connectivity index (χ2v) is 21.6. The van der Waals surface area contributed by atoms with Gasteiger partial charge in [0, 0.05) is 12.8 Å². The van der Waals surface area contributed by atoms with Gasteiger partial charge in [0.15, 0.2) is 6.10 Å². The van der Waals surface area contributed by atoms with Crippen molar-refractivity contribution in [1.82, 2.24) is 0 Å². The number of allylic oxidation sites excluding steroid dienone is 9. The van der Waals surface area contributed by atoms with Crippen molar-refractivity contribution in [2.24, 2.45) is 0 Å². The minimum absolute atomic E-state index is 0.0536. The Hall–Kier alpha value is -2.82. The van der Waals surface area contributed by atoms with E-state index >= 15 is 0 Å². The van der Waals surface area contributed by atoms with Crippen molar-refractivity contribution >= 4 is 25.7 Å². The van der Waals surface area contributed by atoms with E-state index in [1.165, 1.54) is 154 Å². The molecule has 3 unspecified atom stereocenters. The second kappa shape index (κ2) is 56.4. The van der Waals surface area contributed by atoms with Gasteiger partial charge in [0.2, 0.25) is 0 Å². The predicted molar refractivity (Wildman–Crippen MR) is 307 cm³/mol. The molecule has 430 valence electrons. The predicted octanol–water partition coefficient (Wildman–Crippen LogP) is 17.9. The van der Waals surface area contributed by atoms with E-state index in [9.17, 15) is 28.9 Å². The van der Waals surface area contributed by atoms with Gasteiger partial charge in [-0.2, -0.15) is 0 Å². The largest absolute Gasteiger partial charge is 0.472 e. The topological polar surface area (TPSA) is 155 Å². The number of carbonyl (C=O) groups is 3. The maximum Gasteiger partial charge on any atom is 0.472 e. The summed E-state index contributed by atoms with van der Waals surface area (Å²) in [5.74, 6) is -1.58. The van der Waals surface area contributed by atoms with Gasteiger partial charge in [-0.3, -0.25) is 23.4 Å². The Morgan fingerprint density at radius 2 is 0.703 bits per heavy atom. The van der Waals surface area contributed by atoms with Crippen molar-refractivity contribution in [3.63, 3.8) is 0 Å². The number of esters is 3. The fraction of sp³-hybridized carbons (Fsp3) is 0.790. The first-order chi connectivity index (χ1) is 36.2. The van der Waals surface area contributed by atoms with Crippen LogP contribution in [-0.2, 0) is 42.2 Å². The number of hydrogen-bond donors (Lipinski definition) is 2. The molecule has 0 aromatic rings. The minimum Gasteiger partial charge on any atom is -0.462 e. The van der Waals surface area contributed by atoms with E-state index in [0.717, 1.165) is 64.2 Å². The molecule has 0 aliphatic heterocycles. The second-order valence-electron chi connectivity index (χ2n) is 20.2. The Balaban J connectivity index is 4.74. The number of phosphoric ester groups is 1. The van der Waals surface area contributed by atoms with Crippen LogP contribution in [0.4, 0.5) is 0 Å². The van der Waals surface area contributed by atoms with Gasteiger partial charge in [0.25, 0.3) is 0 Å². The summed E-state index contributed by atoms with van der Waals surface area (Å²) in [6, 6.07) is 0. The number of ether oxygens (including phenoxy) is 3. The molecule has 2 N–H and O–H groups in total. The van der Waals surface area contributed by atoms with Gasteiger partial charge in [-0.25, -0.2) is 4.57 Å². The molecule has 0 fully saturated rings. The van der Waals surface area contributed by atoms with Crippen LogP contribution in [0.25, 0.3) is 0 Å². The van der Waals surface area contributed by atoms with Crippen LogP contribution in [0.3, 0.4) is 0 Å². The number of hydrogen-bond acceptors (Lipinski definition) is 10. The lowest BCUT2D eigenvalue weighted by Gasteiger charge is -2.21. The lowest BCUT2D eigenvalue weighted by atomic mass is 10.0. The summed E-state index contributed by atoms with van der Waals surface area (Å²) in [6.07, 6.45) is 62.1. The molecule has 11 nitrogen and oxygen atoms in total. The molecule has 0 saturated carbocycles. The van der Waals surface area contributed by atoms with Gasteiger partial charge in [-0.15, -0.1) is 0 Å². The van der Waals surface area contributed by atoms with Crippen LogP contribution in [-0.4, -0.2) is 66.5 Å². The number of unbranched alkanes of at least 4 members (excludes halogenated alkanes) is 30. The highest BCUT2D eigenvalue weighted by Gasteiger charge is 2.28. The van der Waals surface area contributed by atoms with Gasteiger partial charge in [-0.05, 0) is 44.9 Å². The summed E-state index contributed by atoms with van der Waals surface area (Å²) in [5, 5.41) is 9.80. The lowest BCUT2D eigenvalue weighted by molar-refractivity contribution is -0.161. The first kappa shape index (κ1) is 71.2. The monoisotopic (exact) mass is 1060 g/mol. The van der Waals surface area contributed by atoms with E-state index < -0.39 is 57.8 Å². The molecule has 0 saturated heterocycles. The smallest absolute Gasteiger partial charge is 0.462 e. The first-order valence-electron chi connectivity index (χ1n) is 30.2. The molecule has 0 bridgehead atoms. The van der Waals surface area contributed by atoms with Gasteiger partial charge in [-0.1, -0.05) is 274 Å². The number of aliphatic hydroxyl groups excluding tert-OH is 1. The summed E-state index contributed by atoms with van der Waals surface area (Å²) in [5.41, 5.74) is 0. The van der Waals surface area contributed by atoms with Gasteiger partial charge >= 0.3 is 25.7 Å². The molecule has 0 amide bonds. The Morgan fingerprint density at radius 1 is 0.392 bits per heavy atom. The fourth-order valence-electron chi connectivity index (χ4n) is 8.43. The van der Waals surface area contributed by atoms with Crippen LogP contribution < -0.4 is 0 Å². The summed E-state index contributed by atoms with van der Waals surface area (Å²) >= 11 is 0. The maximum atomic E-state index is 12.9. The highest BCUT2D eigenvalue weighted by Crippen LogP contribution is 2.43. The highest BCUT2D eigenvalue weighted by atomic mass is 31.2. The summed E-state index contributed by atoms with van der Waals surface area (Å²) in [4.78, 5) is 48.5. The Bertz CT molecular complexity index is 1470. The van der Waals surface area contributed by atoms with Crippen LogP contribution in [0, 0.1) is 0 Å². The fourth-order valence-corrected chi connectivity index (χ4v) is 9.22. The molecule has 0 aromatic heterocycles. The molecule has 0 heterocycles. The SMILES string of the molecule is CC/C=C\C/C=C\C/C=C\C/C=C\C/C=C\CC(=O)OC(CO)COP(=O)(O)OCC(COC(=O)CCCCCCCCCCCCCCC)OC(=O)CCCCCCCCCCCCCCCCCCCCC. The molecule has 0 spiro atoms. The van der Waals surface area contributed by atoms with Crippen LogP contribution in [0.15, 0.2) is 60.8 Å². The zero-order valence-corrected chi connectivity index (χ0v) is 48.5. The van der Waals surface area contributed by atoms with Gasteiger partial charge in [0.05, 0.1) is 26.2 Å². The first-order valence-corrected chi connectivity index (χ1v) is 31.7. The average molecular weight is 1060 g/mol.